The van der Waals surface area contributed by atoms with Crippen molar-refractivity contribution in [1.29, 1.82) is 0 Å². The highest BCUT2D eigenvalue weighted by molar-refractivity contribution is 5.59. The van der Waals surface area contributed by atoms with Gasteiger partial charge in [-0.15, -0.1) is 0 Å². The van der Waals surface area contributed by atoms with Crippen LogP contribution in [0.25, 0.3) is 0 Å². The molecule has 0 aliphatic carbocycles. The first-order chi connectivity index (χ1) is 11.2. The molecule has 0 fully saturated rings. The fraction of sp³-hybridized carbons (Fsp3) is 0.118. The van der Waals surface area contributed by atoms with Gasteiger partial charge in [-0.2, -0.15) is 0 Å². The molecular formula is C17H16FN5. The molecule has 0 saturated heterocycles. The Labute approximate surface area is 133 Å². The maximum Gasteiger partial charge on any atom is 0.136 e. The number of pyridine rings is 1. The van der Waals surface area contributed by atoms with Gasteiger partial charge < -0.3 is 10.6 Å². The minimum atomic E-state index is -0.297. The van der Waals surface area contributed by atoms with Gasteiger partial charge in [0, 0.05) is 18.0 Å². The number of hydrogen-bond acceptors (Lipinski definition) is 5. The summed E-state index contributed by atoms with van der Waals surface area (Å²) in [5.41, 5.74) is 1.56. The second-order valence-electron chi connectivity index (χ2n) is 5.00. The van der Waals surface area contributed by atoms with Crippen LogP contribution in [0.5, 0.6) is 0 Å². The molecular weight excluding hydrogens is 293 g/mol. The van der Waals surface area contributed by atoms with Crippen molar-refractivity contribution >= 4 is 17.3 Å². The zero-order valence-corrected chi connectivity index (χ0v) is 12.6. The molecule has 0 radical (unpaired) electrons. The lowest BCUT2D eigenvalue weighted by molar-refractivity contribution is 0.628. The van der Waals surface area contributed by atoms with E-state index in [-0.39, 0.29) is 5.82 Å². The molecule has 2 aromatic heterocycles. The van der Waals surface area contributed by atoms with Crippen LogP contribution in [0.15, 0.2) is 54.7 Å². The third-order valence-electron chi connectivity index (χ3n) is 3.11. The Morgan fingerprint density at radius 2 is 1.87 bits per heavy atom. The van der Waals surface area contributed by atoms with Crippen LogP contribution in [0, 0.1) is 12.7 Å². The number of anilines is 3. The highest BCUT2D eigenvalue weighted by atomic mass is 19.1. The molecule has 0 amide bonds. The normalized spacial score (nSPS) is 10.3. The van der Waals surface area contributed by atoms with Crippen LogP contribution in [0.2, 0.25) is 0 Å². The monoisotopic (exact) mass is 309 g/mol. The van der Waals surface area contributed by atoms with Crippen LogP contribution in [0.1, 0.15) is 11.5 Å². The predicted octanol–water partition coefficient (Wildman–Crippen LogP) is 3.67. The van der Waals surface area contributed by atoms with Crippen molar-refractivity contribution in [3.05, 3.63) is 72.1 Å². The molecule has 0 atom stereocenters. The number of hydrogen-bond donors (Lipinski definition) is 2. The fourth-order valence-corrected chi connectivity index (χ4v) is 2.12. The molecule has 3 aromatic rings. The molecule has 3 rings (SSSR count). The summed E-state index contributed by atoms with van der Waals surface area (Å²) >= 11 is 0. The van der Waals surface area contributed by atoms with E-state index in [1.165, 1.54) is 12.1 Å². The van der Waals surface area contributed by atoms with E-state index in [4.69, 9.17) is 0 Å². The number of aromatic nitrogens is 3. The van der Waals surface area contributed by atoms with Gasteiger partial charge in [-0.3, -0.25) is 4.98 Å². The number of nitrogens with zero attached hydrogens (tertiary/aromatic N) is 3. The molecule has 6 heteroatoms. The molecule has 5 nitrogen and oxygen atoms in total. The number of halogens is 1. The van der Waals surface area contributed by atoms with Gasteiger partial charge >= 0.3 is 0 Å². The van der Waals surface area contributed by atoms with E-state index < -0.39 is 0 Å². The Kier molecular flexibility index (Phi) is 4.42. The largest absolute Gasteiger partial charge is 0.364 e. The molecule has 2 N–H and O–H groups in total. The quantitative estimate of drug-likeness (QED) is 0.753. The van der Waals surface area contributed by atoms with Crippen LogP contribution >= 0.6 is 0 Å². The molecule has 1 aromatic carbocycles. The summed E-state index contributed by atoms with van der Waals surface area (Å²) in [4.78, 5) is 12.9. The van der Waals surface area contributed by atoms with Crippen LogP contribution in [-0.2, 0) is 6.54 Å². The lowest BCUT2D eigenvalue weighted by Crippen LogP contribution is -2.06. The summed E-state index contributed by atoms with van der Waals surface area (Å²) < 4.78 is 13.2. The Morgan fingerprint density at radius 1 is 1.00 bits per heavy atom. The molecule has 116 valence electrons. The molecule has 0 spiro atoms. The van der Waals surface area contributed by atoms with Gasteiger partial charge in [-0.1, -0.05) is 12.1 Å². The van der Waals surface area contributed by atoms with Crippen molar-refractivity contribution < 1.29 is 4.39 Å². The van der Waals surface area contributed by atoms with Gasteiger partial charge in [-0.25, -0.2) is 14.4 Å². The van der Waals surface area contributed by atoms with E-state index >= 15 is 0 Å². The molecule has 23 heavy (non-hydrogen) atoms. The first-order valence-corrected chi connectivity index (χ1v) is 7.21. The lowest BCUT2D eigenvalue weighted by atomic mass is 10.3. The Morgan fingerprint density at radius 3 is 2.65 bits per heavy atom. The molecule has 0 aliphatic rings. The predicted molar refractivity (Wildman–Crippen MR) is 88.0 cm³/mol. The smallest absolute Gasteiger partial charge is 0.136 e. The highest BCUT2D eigenvalue weighted by Gasteiger charge is 2.04. The zero-order chi connectivity index (χ0) is 16.1. The zero-order valence-electron chi connectivity index (χ0n) is 12.6. The van der Waals surface area contributed by atoms with Crippen molar-refractivity contribution in [2.45, 2.75) is 13.5 Å². The fourth-order valence-electron chi connectivity index (χ4n) is 2.12. The third kappa shape index (κ3) is 4.23. The van der Waals surface area contributed by atoms with Crippen molar-refractivity contribution in [2.75, 3.05) is 10.6 Å². The van der Waals surface area contributed by atoms with Gasteiger partial charge in [0.15, 0.2) is 0 Å². The summed E-state index contributed by atoms with van der Waals surface area (Å²) in [6, 6.07) is 13.8. The van der Waals surface area contributed by atoms with Gasteiger partial charge in [0.05, 0.1) is 12.2 Å². The van der Waals surface area contributed by atoms with Crippen molar-refractivity contribution in [3.8, 4) is 0 Å². The molecule has 0 aliphatic heterocycles. The molecule has 0 saturated carbocycles. The van der Waals surface area contributed by atoms with Gasteiger partial charge in [0.1, 0.15) is 23.3 Å². The van der Waals surface area contributed by atoms with Gasteiger partial charge in [0.25, 0.3) is 0 Å². The van der Waals surface area contributed by atoms with Crippen molar-refractivity contribution in [3.63, 3.8) is 0 Å². The van der Waals surface area contributed by atoms with E-state index in [0.717, 1.165) is 5.69 Å². The maximum atomic E-state index is 13.2. The Balaban J connectivity index is 1.73. The number of rotatable bonds is 5. The minimum absolute atomic E-state index is 0.297. The topological polar surface area (TPSA) is 62.7 Å². The van der Waals surface area contributed by atoms with Gasteiger partial charge in [0.2, 0.25) is 0 Å². The minimum Gasteiger partial charge on any atom is -0.364 e. The summed E-state index contributed by atoms with van der Waals surface area (Å²) in [5, 5.41) is 6.29. The van der Waals surface area contributed by atoms with Crippen molar-refractivity contribution in [1.82, 2.24) is 15.0 Å². The van der Waals surface area contributed by atoms with Crippen LogP contribution in [0.3, 0.4) is 0 Å². The van der Waals surface area contributed by atoms with Crippen molar-refractivity contribution in [2.24, 2.45) is 0 Å². The molecule has 0 unspecified atom stereocenters. The second kappa shape index (κ2) is 6.83. The summed E-state index contributed by atoms with van der Waals surface area (Å²) in [7, 11) is 0. The van der Waals surface area contributed by atoms with Crippen LogP contribution < -0.4 is 10.6 Å². The average Bonchev–Trinajstić information content (AvgIpc) is 2.53. The number of benzene rings is 1. The number of nitrogens with one attached hydrogen (secondary N) is 2. The van der Waals surface area contributed by atoms with Crippen LogP contribution in [0.4, 0.5) is 21.7 Å². The summed E-state index contributed by atoms with van der Waals surface area (Å²) in [5.74, 6) is 1.61. The lowest BCUT2D eigenvalue weighted by Gasteiger charge is -2.10. The Bertz CT molecular complexity index is 792. The van der Waals surface area contributed by atoms with E-state index in [1.807, 2.05) is 25.1 Å². The van der Waals surface area contributed by atoms with Gasteiger partial charge in [-0.05, 0) is 37.3 Å². The maximum absolute atomic E-state index is 13.2. The first kappa shape index (κ1) is 14.9. The third-order valence-corrected chi connectivity index (χ3v) is 3.11. The summed E-state index contributed by atoms with van der Waals surface area (Å²) in [6.45, 7) is 2.37. The second-order valence-corrected chi connectivity index (χ2v) is 5.00. The molecule has 0 bridgehead atoms. The molecule has 2 heterocycles. The van der Waals surface area contributed by atoms with E-state index in [0.29, 0.717) is 29.7 Å². The SMILES string of the molecule is Cc1nc(NCc2ccccn2)cc(Nc2cccc(F)c2)n1. The Hall–Kier alpha value is -3.02. The van der Waals surface area contributed by atoms with E-state index in [2.05, 4.69) is 25.6 Å². The first-order valence-electron chi connectivity index (χ1n) is 7.21. The van der Waals surface area contributed by atoms with E-state index in [1.54, 1.807) is 24.4 Å². The van der Waals surface area contributed by atoms with Crippen LogP contribution in [-0.4, -0.2) is 15.0 Å². The van der Waals surface area contributed by atoms with E-state index in [9.17, 15) is 4.39 Å². The number of aryl methyl sites for hydroxylation is 1. The summed E-state index contributed by atoms with van der Waals surface area (Å²) in [6.07, 6.45) is 1.75. The highest BCUT2D eigenvalue weighted by Crippen LogP contribution is 2.18. The average molecular weight is 309 g/mol. The standard InChI is InChI=1S/C17H16FN5/c1-12-21-16(20-11-15-6-2-3-8-19-15)10-17(22-12)23-14-7-4-5-13(18)9-14/h2-10H,11H2,1H3,(H2,20,21,22,23).